The van der Waals surface area contributed by atoms with Gasteiger partial charge in [0.2, 0.25) is 0 Å². The summed E-state index contributed by atoms with van der Waals surface area (Å²) in [5, 5.41) is 0. The van der Waals surface area contributed by atoms with Gasteiger partial charge in [-0.2, -0.15) is 12.6 Å². The highest BCUT2D eigenvalue weighted by molar-refractivity contribution is 7.80. The van der Waals surface area contributed by atoms with E-state index in [0.29, 0.717) is 5.41 Å². The van der Waals surface area contributed by atoms with Crippen LogP contribution in [0.5, 0.6) is 0 Å². The molecular formula is C17H26FNS. The molecule has 0 aliphatic heterocycles. The first-order valence-corrected chi connectivity index (χ1v) is 8.31. The molecule has 0 amide bonds. The van der Waals surface area contributed by atoms with E-state index in [4.69, 9.17) is 0 Å². The molecule has 1 aromatic carbocycles. The van der Waals surface area contributed by atoms with Crippen molar-refractivity contribution in [2.45, 2.75) is 45.1 Å². The maximum atomic E-state index is 13.2. The Morgan fingerprint density at radius 1 is 1.20 bits per heavy atom. The second-order valence-electron chi connectivity index (χ2n) is 6.37. The number of benzene rings is 1. The minimum atomic E-state index is -0.144. The molecule has 1 fully saturated rings. The summed E-state index contributed by atoms with van der Waals surface area (Å²) in [6, 6.07) is 6.93. The molecule has 1 aromatic rings. The molecule has 0 atom stereocenters. The molecule has 0 N–H and O–H groups in total. The molecule has 20 heavy (non-hydrogen) atoms. The summed E-state index contributed by atoms with van der Waals surface area (Å²) in [6.07, 6.45) is 7.95. The van der Waals surface area contributed by atoms with E-state index in [0.717, 1.165) is 24.4 Å². The average Bonchev–Trinajstić information content (AvgIpc) is 2.65. The predicted molar refractivity (Wildman–Crippen MR) is 86.7 cm³/mol. The molecule has 0 bridgehead atoms. The molecule has 3 heteroatoms. The van der Waals surface area contributed by atoms with E-state index in [1.54, 1.807) is 12.1 Å². The molecule has 0 aromatic heterocycles. The maximum Gasteiger partial charge on any atom is 0.123 e. The standard InChI is InChI=1S/C17H26FNS/c1-19(12-15-7-6-8-16(18)11-15)13-17(14-20)9-4-2-3-5-10-17/h6-8,11,20H,2-5,9-10,12-14H2,1H3. The Hall–Kier alpha value is -0.540. The summed E-state index contributed by atoms with van der Waals surface area (Å²) in [4.78, 5) is 2.33. The molecule has 2 rings (SSSR count). The van der Waals surface area contributed by atoms with Crippen molar-refractivity contribution in [1.82, 2.24) is 4.90 Å². The molecule has 112 valence electrons. The van der Waals surface area contributed by atoms with Crippen LogP contribution in [0.2, 0.25) is 0 Å². The van der Waals surface area contributed by atoms with Crippen LogP contribution < -0.4 is 0 Å². The summed E-state index contributed by atoms with van der Waals surface area (Å²) < 4.78 is 13.2. The van der Waals surface area contributed by atoms with Crippen molar-refractivity contribution in [3.63, 3.8) is 0 Å². The molecule has 0 spiro atoms. The normalized spacial score (nSPS) is 19.0. The predicted octanol–water partition coefficient (Wildman–Crippen LogP) is 4.53. The number of hydrogen-bond acceptors (Lipinski definition) is 2. The first kappa shape index (κ1) is 15.8. The molecule has 1 aliphatic rings. The Balaban J connectivity index is 1.96. The van der Waals surface area contributed by atoms with Gasteiger partial charge < -0.3 is 4.90 Å². The van der Waals surface area contributed by atoms with Gasteiger partial charge in [0, 0.05) is 13.1 Å². The van der Waals surface area contributed by atoms with Crippen molar-refractivity contribution in [3.8, 4) is 0 Å². The summed E-state index contributed by atoms with van der Waals surface area (Å²) in [7, 11) is 2.14. The zero-order valence-electron chi connectivity index (χ0n) is 12.4. The Morgan fingerprint density at radius 2 is 1.90 bits per heavy atom. The monoisotopic (exact) mass is 295 g/mol. The molecule has 0 radical (unpaired) electrons. The molecule has 1 nitrogen and oxygen atoms in total. The van der Waals surface area contributed by atoms with E-state index in [-0.39, 0.29) is 5.82 Å². The van der Waals surface area contributed by atoms with Crippen molar-refractivity contribution in [2.75, 3.05) is 19.3 Å². The van der Waals surface area contributed by atoms with Gasteiger partial charge in [-0.25, -0.2) is 4.39 Å². The average molecular weight is 295 g/mol. The zero-order valence-corrected chi connectivity index (χ0v) is 13.3. The van der Waals surface area contributed by atoms with Crippen LogP contribution >= 0.6 is 12.6 Å². The molecule has 0 unspecified atom stereocenters. The highest BCUT2D eigenvalue weighted by Crippen LogP contribution is 2.36. The third kappa shape index (κ3) is 4.49. The lowest BCUT2D eigenvalue weighted by molar-refractivity contribution is 0.170. The molecule has 0 heterocycles. The first-order valence-electron chi connectivity index (χ1n) is 7.67. The van der Waals surface area contributed by atoms with Gasteiger partial charge in [0.25, 0.3) is 0 Å². The summed E-state index contributed by atoms with van der Waals surface area (Å²) >= 11 is 4.63. The van der Waals surface area contributed by atoms with E-state index >= 15 is 0 Å². The van der Waals surface area contributed by atoms with Crippen LogP contribution in [0.4, 0.5) is 4.39 Å². The van der Waals surface area contributed by atoms with Crippen LogP contribution in [0.1, 0.15) is 44.1 Å². The topological polar surface area (TPSA) is 3.24 Å². The van der Waals surface area contributed by atoms with Crippen LogP contribution in [0, 0.1) is 11.2 Å². The second kappa shape index (κ2) is 7.46. The maximum absolute atomic E-state index is 13.2. The number of nitrogens with zero attached hydrogens (tertiary/aromatic N) is 1. The fourth-order valence-electron chi connectivity index (χ4n) is 3.42. The second-order valence-corrected chi connectivity index (χ2v) is 6.69. The Bertz CT molecular complexity index is 413. The van der Waals surface area contributed by atoms with Crippen LogP contribution in [-0.2, 0) is 6.54 Å². The summed E-state index contributed by atoms with van der Waals surface area (Å²) in [5.74, 6) is 0.815. The lowest BCUT2D eigenvalue weighted by Gasteiger charge is -2.35. The summed E-state index contributed by atoms with van der Waals surface area (Å²) in [5.41, 5.74) is 1.40. The van der Waals surface area contributed by atoms with Crippen molar-refractivity contribution in [3.05, 3.63) is 35.6 Å². The number of halogens is 1. The van der Waals surface area contributed by atoms with Crippen molar-refractivity contribution in [2.24, 2.45) is 5.41 Å². The van der Waals surface area contributed by atoms with E-state index < -0.39 is 0 Å². The van der Waals surface area contributed by atoms with Crippen molar-refractivity contribution < 1.29 is 4.39 Å². The number of thiol groups is 1. The van der Waals surface area contributed by atoms with Gasteiger partial charge in [0.15, 0.2) is 0 Å². The highest BCUT2D eigenvalue weighted by atomic mass is 32.1. The minimum absolute atomic E-state index is 0.144. The van der Waals surface area contributed by atoms with Gasteiger partial charge in [0.1, 0.15) is 5.82 Å². The van der Waals surface area contributed by atoms with Gasteiger partial charge >= 0.3 is 0 Å². The Labute approximate surface area is 128 Å². The SMILES string of the molecule is CN(Cc1cccc(F)c1)CC1(CS)CCCCCC1. The Kier molecular flexibility index (Phi) is 5.91. The number of hydrogen-bond donors (Lipinski definition) is 1. The third-order valence-corrected chi connectivity index (χ3v) is 5.12. The highest BCUT2D eigenvalue weighted by Gasteiger charge is 2.30. The van der Waals surface area contributed by atoms with Crippen LogP contribution in [-0.4, -0.2) is 24.2 Å². The molecular weight excluding hydrogens is 269 g/mol. The lowest BCUT2D eigenvalue weighted by Crippen LogP contribution is -2.36. The minimum Gasteiger partial charge on any atom is -0.302 e. The molecule has 1 aliphatic carbocycles. The molecule has 0 saturated heterocycles. The van der Waals surface area contributed by atoms with E-state index in [2.05, 4.69) is 24.6 Å². The zero-order chi connectivity index (χ0) is 14.4. The third-order valence-electron chi connectivity index (χ3n) is 4.45. The summed E-state index contributed by atoms with van der Waals surface area (Å²) in [6.45, 7) is 1.88. The van der Waals surface area contributed by atoms with Crippen molar-refractivity contribution in [1.29, 1.82) is 0 Å². The lowest BCUT2D eigenvalue weighted by atomic mass is 9.81. The Morgan fingerprint density at radius 3 is 2.50 bits per heavy atom. The largest absolute Gasteiger partial charge is 0.302 e. The van der Waals surface area contributed by atoms with Gasteiger partial charge in [-0.05, 0) is 48.8 Å². The molecule has 1 saturated carbocycles. The quantitative estimate of drug-likeness (QED) is 0.617. The first-order chi connectivity index (χ1) is 9.63. The van der Waals surface area contributed by atoms with Crippen LogP contribution in [0.25, 0.3) is 0 Å². The van der Waals surface area contributed by atoms with Crippen LogP contribution in [0.15, 0.2) is 24.3 Å². The smallest absolute Gasteiger partial charge is 0.123 e. The van der Waals surface area contributed by atoms with E-state index in [1.807, 2.05) is 6.07 Å². The van der Waals surface area contributed by atoms with Gasteiger partial charge in [-0.3, -0.25) is 0 Å². The van der Waals surface area contributed by atoms with Gasteiger partial charge in [-0.1, -0.05) is 37.8 Å². The fraction of sp³-hybridized carbons (Fsp3) is 0.647. The number of rotatable bonds is 5. The van der Waals surface area contributed by atoms with Crippen molar-refractivity contribution >= 4 is 12.6 Å². The van der Waals surface area contributed by atoms with Crippen LogP contribution in [0.3, 0.4) is 0 Å². The van der Waals surface area contributed by atoms with E-state index in [9.17, 15) is 4.39 Å². The van der Waals surface area contributed by atoms with Gasteiger partial charge in [-0.15, -0.1) is 0 Å². The van der Waals surface area contributed by atoms with Gasteiger partial charge in [0.05, 0.1) is 0 Å². The fourth-order valence-corrected chi connectivity index (χ4v) is 3.84. The van der Waals surface area contributed by atoms with E-state index in [1.165, 1.54) is 44.6 Å².